The Morgan fingerprint density at radius 3 is 2.50 bits per heavy atom. The monoisotopic (exact) mass is 346 g/mol. The van der Waals surface area contributed by atoms with Gasteiger partial charge < -0.3 is 5.11 Å². The van der Waals surface area contributed by atoms with Crippen LogP contribution >= 0.6 is 0 Å². The fourth-order valence-electron chi connectivity index (χ4n) is 3.37. The van der Waals surface area contributed by atoms with Crippen LogP contribution in [0.25, 0.3) is 11.3 Å². The van der Waals surface area contributed by atoms with Crippen molar-refractivity contribution in [2.45, 2.75) is 49.0 Å². The number of pyridine rings is 1. The van der Waals surface area contributed by atoms with Crippen molar-refractivity contribution in [2.75, 3.05) is 0 Å². The van der Waals surface area contributed by atoms with Crippen LogP contribution in [0, 0.1) is 0 Å². The van der Waals surface area contributed by atoms with Crippen molar-refractivity contribution in [1.82, 2.24) is 4.98 Å². The minimum absolute atomic E-state index is 0.0715. The van der Waals surface area contributed by atoms with Gasteiger partial charge in [0.1, 0.15) is 0 Å². The molecule has 1 saturated carbocycles. The molecule has 0 unspecified atom stereocenters. The molecule has 1 aromatic carbocycles. The zero-order chi connectivity index (χ0) is 17.4. The predicted octanol–water partition coefficient (Wildman–Crippen LogP) is 2.80. The van der Waals surface area contributed by atoms with Gasteiger partial charge in [-0.25, -0.2) is 13.6 Å². The molecule has 0 amide bonds. The van der Waals surface area contributed by atoms with Crippen molar-refractivity contribution in [3.8, 4) is 11.3 Å². The Kier molecular flexibility index (Phi) is 4.46. The third kappa shape index (κ3) is 3.66. The van der Waals surface area contributed by atoms with E-state index in [0.717, 1.165) is 29.7 Å². The fraction of sp³-hybridized carbons (Fsp3) is 0.389. The van der Waals surface area contributed by atoms with E-state index >= 15 is 0 Å². The average molecular weight is 346 g/mol. The van der Waals surface area contributed by atoms with Crippen LogP contribution in [0.15, 0.2) is 47.5 Å². The molecule has 0 aliphatic heterocycles. The topological polar surface area (TPSA) is 93.3 Å². The normalized spacial score (nSPS) is 24.7. The van der Waals surface area contributed by atoms with Gasteiger partial charge in [-0.3, -0.25) is 4.98 Å². The van der Waals surface area contributed by atoms with Crippen LogP contribution in [0.2, 0.25) is 0 Å². The van der Waals surface area contributed by atoms with Gasteiger partial charge in [-0.15, -0.1) is 0 Å². The number of nitrogens with two attached hydrogens (primary N) is 1. The molecule has 1 aromatic heterocycles. The number of hydrogen-bond acceptors (Lipinski definition) is 4. The van der Waals surface area contributed by atoms with Crippen LogP contribution < -0.4 is 5.14 Å². The molecule has 1 fully saturated rings. The van der Waals surface area contributed by atoms with Gasteiger partial charge in [0, 0.05) is 11.8 Å². The minimum Gasteiger partial charge on any atom is -0.390 e. The molecule has 5 nitrogen and oxygen atoms in total. The van der Waals surface area contributed by atoms with Crippen molar-refractivity contribution in [3.05, 3.63) is 48.2 Å². The smallest absolute Gasteiger partial charge is 0.238 e. The Bertz CT molecular complexity index is 823. The molecule has 3 N–H and O–H groups in total. The quantitative estimate of drug-likeness (QED) is 0.893. The lowest BCUT2D eigenvalue weighted by molar-refractivity contribution is 0.0169. The summed E-state index contributed by atoms with van der Waals surface area (Å²) in [6.45, 7) is 1.83. The van der Waals surface area contributed by atoms with Crippen LogP contribution in [-0.2, 0) is 10.0 Å². The molecule has 24 heavy (non-hydrogen) atoms. The average Bonchev–Trinajstić information content (AvgIpc) is 2.54. The molecule has 1 heterocycles. The van der Waals surface area contributed by atoms with Gasteiger partial charge in [0.2, 0.25) is 10.0 Å². The van der Waals surface area contributed by atoms with Crippen LogP contribution in [0.3, 0.4) is 0 Å². The van der Waals surface area contributed by atoms with Crippen molar-refractivity contribution in [3.63, 3.8) is 0 Å². The van der Waals surface area contributed by atoms with E-state index in [9.17, 15) is 13.5 Å². The van der Waals surface area contributed by atoms with E-state index in [2.05, 4.69) is 4.98 Å². The number of primary sulfonamides is 1. The molecule has 1 aliphatic rings. The van der Waals surface area contributed by atoms with Crippen molar-refractivity contribution in [2.24, 2.45) is 5.14 Å². The maximum absolute atomic E-state index is 12.0. The number of aliphatic hydroxyl groups is 1. The second kappa shape index (κ2) is 6.27. The summed E-state index contributed by atoms with van der Waals surface area (Å²) in [7, 11) is -3.79. The van der Waals surface area contributed by atoms with E-state index in [0.29, 0.717) is 12.8 Å². The summed E-state index contributed by atoms with van der Waals surface area (Å²) in [5, 5.41) is 15.6. The van der Waals surface area contributed by atoms with Crippen LogP contribution in [0.1, 0.15) is 44.1 Å². The fourth-order valence-corrected chi connectivity index (χ4v) is 4.18. The molecule has 128 valence electrons. The summed E-state index contributed by atoms with van der Waals surface area (Å²) in [5.74, 6) is 0.0715. The summed E-state index contributed by atoms with van der Waals surface area (Å²) in [4.78, 5) is 4.50. The summed E-state index contributed by atoms with van der Waals surface area (Å²) in [6, 6.07) is 10.8. The molecule has 0 saturated heterocycles. The lowest BCUT2D eigenvalue weighted by Crippen LogP contribution is -2.30. The Hall–Kier alpha value is -1.76. The van der Waals surface area contributed by atoms with Gasteiger partial charge in [0.15, 0.2) is 0 Å². The molecular weight excluding hydrogens is 324 g/mol. The number of benzene rings is 1. The molecule has 0 atom stereocenters. The van der Waals surface area contributed by atoms with E-state index in [4.69, 9.17) is 5.14 Å². The molecular formula is C18H22N2O3S. The Morgan fingerprint density at radius 1 is 1.21 bits per heavy atom. The minimum atomic E-state index is -3.79. The highest BCUT2D eigenvalue weighted by atomic mass is 32.2. The van der Waals surface area contributed by atoms with Gasteiger partial charge >= 0.3 is 0 Å². The number of aromatic nitrogens is 1. The highest BCUT2D eigenvalue weighted by Crippen LogP contribution is 2.40. The van der Waals surface area contributed by atoms with Gasteiger partial charge in [-0.2, -0.15) is 0 Å². The van der Waals surface area contributed by atoms with E-state index in [-0.39, 0.29) is 10.8 Å². The van der Waals surface area contributed by atoms with E-state index in [1.54, 1.807) is 18.3 Å². The lowest BCUT2D eigenvalue weighted by Gasteiger charge is -2.34. The molecule has 3 rings (SSSR count). The van der Waals surface area contributed by atoms with Crippen molar-refractivity contribution < 1.29 is 13.5 Å². The first-order valence-corrected chi connectivity index (χ1v) is 9.61. The molecule has 2 aromatic rings. The Labute approximate surface area is 142 Å². The maximum atomic E-state index is 12.0. The molecule has 0 radical (unpaired) electrons. The van der Waals surface area contributed by atoms with Crippen LogP contribution in [0.5, 0.6) is 0 Å². The molecule has 6 heteroatoms. The van der Waals surface area contributed by atoms with E-state index < -0.39 is 15.6 Å². The summed E-state index contributed by atoms with van der Waals surface area (Å²) < 4.78 is 24.0. The van der Waals surface area contributed by atoms with E-state index in [1.807, 2.05) is 31.2 Å². The van der Waals surface area contributed by atoms with Crippen molar-refractivity contribution in [1.29, 1.82) is 0 Å². The number of nitrogens with zero attached hydrogens (tertiary/aromatic N) is 1. The number of rotatable bonds is 3. The highest BCUT2D eigenvalue weighted by Gasteiger charge is 2.31. The highest BCUT2D eigenvalue weighted by molar-refractivity contribution is 7.89. The van der Waals surface area contributed by atoms with Gasteiger partial charge in [0.05, 0.1) is 16.2 Å². The van der Waals surface area contributed by atoms with Gasteiger partial charge in [0.25, 0.3) is 0 Å². The summed E-state index contributed by atoms with van der Waals surface area (Å²) >= 11 is 0. The third-order valence-electron chi connectivity index (χ3n) is 4.78. The predicted molar refractivity (Wildman–Crippen MR) is 92.9 cm³/mol. The van der Waals surface area contributed by atoms with Crippen LogP contribution in [0.4, 0.5) is 0 Å². The third-order valence-corrected chi connectivity index (χ3v) is 5.76. The first kappa shape index (κ1) is 17.1. The first-order valence-electron chi connectivity index (χ1n) is 8.07. The maximum Gasteiger partial charge on any atom is 0.238 e. The standard InChI is InChI=1S/C18H22N2O3S/c1-18(21)9-7-13(8-10-18)15-12-14(16-4-2-3-11-20-16)5-6-17(15)24(19,22)23/h2-6,11-13,21H,7-10H2,1H3,(H2,19,22,23). The second-order valence-electron chi connectivity index (χ2n) is 6.78. The molecule has 0 spiro atoms. The summed E-state index contributed by atoms with van der Waals surface area (Å²) in [6.07, 6.45) is 4.48. The lowest BCUT2D eigenvalue weighted by atomic mass is 9.76. The number of hydrogen-bond donors (Lipinski definition) is 2. The van der Waals surface area contributed by atoms with Gasteiger partial charge in [-0.1, -0.05) is 12.1 Å². The number of sulfonamides is 1. The largest absolute Gasteiger partial charge is 0.390 e. The summed E-state index contributed by atoms with van der Waals surface area (Å²) in [5.41, 5.74) is 1.73. The van der Waals surface area contributed by atoms with Crippen LogP contribution in [-0.4, -0.2) is 24.1 Å². The first-order chi connectivity index (χ1) is 11.3. The Morgan fingerprint density at radius 2 is 1.92 bits per heavy atom. The molecule has 1 aliphatic carbocycles. The second-order valence-corrected chi connectivity index (χ2v) is 8.31. The van der Waals surface area contributed by atoms with Crippen molar-refractivity contribution >= 4 is 10.0 Å². The zero-order valence-electron chi connectivity index (χ0n) is 13.6. The SMILES string of the molecule is CC1(O)CCC(c2cc(-c3ccccn3)ccc2S(N)(=O)=O)CC1. The zero-order valence-corrected chi connectivity index (χ0v) is 14.5. The van der Waals surface area contributed by atoms with Gasteiger partial charge in [-0.05, 0) is 68.4 Å². The van der Waals surface area contributed by atoms with E-state index in [1.165, 1.54) is 0 Å². The molecule has 0 bridgehead atoms. The Balaban J connectivity index is 2.04.